The smallest absolute Gasteiger partial charge is 0.315 e. The molecular formula is C23H30N4O3. The van der Waals surface area contributed by atoms with Crippen molar-refractivity contribution in [2.75, 3.05) is 38.2 Å². The van der Waals surface area contributed by atoms with Gasteiger partial charge in [-0.3, -0.25) is 4.79 Å². The number of amides is 3. The number of urea groups is 1. The van der Waals surface area contributed by atoms with Crippen LogP contribution in [-0.2, 0) is 6.54 Å². The molecule has 3 amide bonds. The molecule has 2 aromatic carbocycles. The zero-order valence-electron chi connectivity index (χ0n) is 17.9. The van der Waals surface area contributed by atoms with Crippen molar-refractivity contribution in [3.05, 3.63) is 59.7 Å². The molecule has 1 saturated heterocycles. The standard InChI is InChI=1S/C23H30N4O3/c1-17(2)25-23(29)24-16-18-7-9-19(10-8-18)22(28)27-13-11-26(12-14-27)20-5-4-6-21(15-20)30-3/h4-10,15,17H,11-14,16H2,1-3H3,(H2,24,25,29). The van der Waals surface area contributed by atoms with Gasteiger partial charge < -0.3 is 25.2 Å². The zero-order chi connectivity index (χ0) is 21.5. The number of hydrogen-bond acceptors (Lipinski definition) is 4. The summed E-state index contributed by atoms with van der Waals surface area (Å²) in [5.74, 6) is 0.875. The van der Waals surface area contributed by atoms with Crippen LogP contribution in [0.4, 0.5) is 10.5 Å². The highest BCUT2D eigenvalue weighted by Gasteiger charge is 2.22. The van der Waals surface area contributed by atoms with E-state index in [0.717, 1.165) is 30.1 Å². The van der Waals surface area contributed by atoms with E-state index >= 15 is 0 Å². The molecule has 3 rings (SSSR count). The lowest BCUT2D eigenvalue weighted by Crippen LogP contribution is -2.48. The molecule has 0 aliphatic carbocycles. The number of nitrogens with one attached hydrogen (secondary N) is 2. The molecule has 0 bridgehead atoms. The van der Waals surface area contributed by atoms with Gasteiger partial charge in [-0.1, -0.05) is 18.2 Å². The molecule has 0 saturated carbocycles. The van der Waals surface area contributed by atoms with Gasteiger partial charge in [-0.15, -0.1) is 0 Å². The van der Waals surface area contributed by atoms with Crippen LogP contribution in [0.5, 0.6) is 5.75 Å². The monoisotopic (exact) mass is 410 g/mol. The fourth-order valence-corrected chi connectivity index (χ4v) is 3.42. The molecule has 0 unspecified atom stereocenters. The Bertz CT molecular complexity index is 859. The molecule has 7 heteroatoms. The Morgan fingerprint density at radius 3 is 2.37 bits per heavy atom. The minimum absolute atomic E-state index is 0.0392. The lowest BCUT2D eigenvalue weighted by atomic mass is 10.1. The Morgan fingerprint density at radius 1 is 1.03 bits per heavy atom. The van der Waals surface area contributed by atoms with Gasteiger partial charge in [0.15, 0.2) is 0 Å². The summed E-state index contributed by atoms with van der Waals surface area (Å²) in [6, 6.07) is 15.3. The molecule has 7 nitrogen and oxygen atoms in total. The van der Waals surface area contributed by atoms with Crippen LogP contribution in [0, 0.1) is 0 Å². The molecule has 2 N–H and O–H groups in total. The van der Waals surface area contributed by atoms with Crippen molar-refractivity contribution in [3.8, 4) is 5.75 Å². The van der Waals surface area contributed by atoms with Gasteiger partial charge in [0.25, 0.3) is 5.91 Å². The summed E-state index contributed by atoms with van der Waals surface area (Å²) in [4.78, 5) is 28.7. The summed E-state index contributed by atoms with van der Waals surface area (Å²) in [5.41, 5.74) is 2.73. The topological polar surface area (TPSA) is 73.9 Å². The molecule has 1 fully saturated rings. The number of rotatable bonds is 6. The highest BCUT2D eigenvalue weighted by atomic mass is 16.5. The van der Waals surface area contributed by atoms with E-state index < -0.39 is 0 Å². The molecular weight excluding hydrogens is 380 g/mol. The summed E-state index contributed by atoms with van der Waals surface area (Å²) in [6.07, 6.45) is 0. The van der Waals surface area contributed by atoms with E-state index in [0.29, 0.717) is 25.2 Å². The first-order valence-electron chi connectivity index (χ1n) is 10.3. The van der Waals surface area contributed by atoms with Crippen molar-refractivity contribution in [2.24, 2.45) is 0 Å². The summed E-state index contributed by atoms with van der Waals surface area (Å²) in [5, 5.41) is 5.60. The van der Waals surface area contributed by atoms with Crippen molar-refractivity contribution >= 4 is 17.6 Å². The number of hydrogen-bond donors (Lipinski definition) is 2. The van der Waals surface area contributed by atoms with Crippen LogP contribution in [0.3, 0.4) is 0 Å². The van der Waals surface area contributed by atoms with Gasteiger partial charge in [0, 0.05) is 56.1 Å². The Hall–Kier alpha value is -3.22. The van der Waals surface area contributed by atoms with Crippen LogP contribution in [0.25, 0.3) is 0 Å². The predicted molar refractivity (Wildman–Crippen MR) is 118 cm³/mol. The molecule has 1 aliphatic heterocycles. The van der Waals surface area contributed by atoms with Crippen molar-refractivity contribution in [1.29, 1.82) is 0 Å². The van der Waals surface area contributed by atoms with Gasteiger partial charge in [0.1, 0.15) is 5.75 Å². The van der Waals surface area contributed by atoms with Gasteiger partial charge >= 0.3 is 6.03 Å². The first-order chi connectivity index (χ1) is 14.5. The third-order valence-corrected chi connectivity index (χ3v) is 5.06. The molecule has 2 aromatic rings. The van der Waals surface area contributed by atoms with Crippen molar-refractivity contribution in [1.82, 2.24) is 15.5 Å². The maximum absolute atomic E-state index is 12.8. The average molecular weight is 411 g/mol. The van der Waals surface area contributed by atoms with Gasteiger partial charge in [0.05, 0.1) is 7.11 Å². The summed E-state index contributed by atoms with van der Waals surface area (Å²) in [6.45, 7) is 7.17. The van der Waals surface area contributed by atoms with E-state index in [1.165, 1.54) is 0 Å². The Labute approximate surface area is 178 Å². The fourth-order valence-electron chi connectivity index (χ4n) is 3.42. The second kappa shape index (κ2) is 10.0. The second-order valence-corrected chi connectivity index (χ2v) is 7.66. The SMILES string of the molecule is COc1cccc(N2CCN(C(=O)c3ccc(CNC(=O)NC(C)C)cc3)CC2)c1. The van der Waals surface area contributed by atoms with E-state index in [-0.39, 0.29) is 18.0 Å². The fraction of sp³-hybridized carbons (Fsp3) is 0.391. The largest absolute Gasteiger partial charge is 0.497 e. The summed E-state index contributed by atoms with van der Waals surface area (Å²) < 4.78 is 5.30. The van der Waals surface area contributed by atoms with Crippen LogP contribution in [-0.4, -0.2) is 56.2 Å². The highest BCUT2D eigenvalue weighted by molar-refractivity contribution is 5.94. The minimum atomic E-state index is -0.195. The van der Waals surface area contributed by atoms with Crippen LogP contribution in [0.1, 0.15) is 29.8 Å². The lowest BCUT2D eigenvalue weighted by molar-refractivity contribution is 0.0746. The van der Waals surface area contributed by atoms with Crippen LogP contribution in [0.2, 0.25) is 0 Å². The predicted octanol–water partition coefficient (Wildman–Crippen LogP) is 2.87. The van der Waals surface area contributed by atoms with E-state index in [2.05, 4.69) is 21.6 Å². The van der Waals surface area contributed by atoms with Gasteiger partial charge in [-0.25, -0.2) is 4.79 Å². The number of methoxy groups -OCH3 is 1. The number of anilines is 1. The number of ether oxygens (including phenoxy) is 1. The van der Waals surface area contributed by atoms with Crippen molar-refractivity contribution < 1.29 is 14.3 Å². The Kier molecular flexibility index (Phi) is 7.17. The maximum Gasteiger partial charge on any atom is 0.315 e. The third-order valence-electron chi connectivity index (χ3n) is 5.06. The third kappa shape index (κ3) is 5.65. The number of carbonyl (C=O) groups is 2. The van der Waals surface area contributed by atoms with Crippen LogP contribution < -0.4 is 20.3 Å². The van der Waals surface area contributed by atoms with Crippen LogP contribution in [0.15, 0.2) is 48.5 Å². The van der Waals surface area contributed by atoms with Gasteiger partial charge in [0.2, 0.25) is 0 Å². The first kappa shape index (κ1) is 21.5. The molecule has 0 spiro atoms. The zero-order valence-corrected chi connectivity index (χ0v) is 17.9. The molecule has 0 radical (unpaired) electrons. The van der Waals surface area contributed by atoms with E-state index in [9.17, 15) is 9.59 Å². The molecule has 160 valence electrons. The normalized spacial score (nSPS) is 13.9. The number of carbonyl (C=O) groups excluding carboxylic acids is 2. The highest BCUT2D eigenvalue weighted by Crippen LogP contribution is 2.22. The average Bonchev–Trinajstić information content (AvgIpc) is 2.77. The maximum atomic E-state index is 12.8. The second-order valence-electron chi connectivity index (χ2n) is 7.66. The molecule has 30 heavy (non-hydrogen) atoms. The van der Waals surface area contributed by atoms with E-state index in [4.69, 9.17) is 4.74 Å². The molecule has 0 atom stereocenters. The number of nitrogens with zero attached hydrogens (tertiary/aromatic N) is 2. The van der Waals surface area contributed by atoms with E-state index in [1.54, 1.807) is 7.11 Å². The molecule has 1 aliphatic rings. The lowest BCUT2D eigenvalue weighted by Gasteiger charge is -2.36. The first-order valence-corrected chi connectivity index (χ1v) is 10.3. The van der Waals surface area contributed by atoms with E-state index in [1.807, 2.05) is 61.2 Å². The molecule has 1 heterocycles. The van der Waals surface area contributed by atoms with Gasteiger partial charge in [-0.05, 0) is 43.7 Å². The van der Waals surface area contributed by atoms with Crippen LogP contribution >= 0.6 is 0 Å². The summed E-state index contributed by atoms with van der Waals surface area (Å²) in [7, 11) is 1.66. The Morgan fingerprint density at radius 2 is 1.73 bits per heavy atom. The minimum Gasteiger partial charge on any atom is -0.497 e. The van der Waals surface area contributed by atoms with Crippen molar-refractivity contribution in [2.45, 2.75) is 26.4 Å². The molecule has 0 aromatic heterocycles. The summed E-state index contributed by atoms with van der Waals surface area (Å²) >= 11 is 0. The number of benzene rings is 2. The number of piperazine rings is 1. The van der Waals surface area contributed by atoms with Gasteiger partial charge in [-0.2, -0.15) is 0 Å². The van der Waals surface area contributed by atoms with Crippen molar-refractivity contribution in [3.63, 3.8) is 0 Å². The quantitative estimate of drug-likeness (QED) is 0.768. The Balaban J connectivity index is 1.51.